The summed E-state index contributed by atoms with van der Waals surface area (Å²) in [5, 5.41) is 5.99. The molecule has 0 amide bonds. The topological polar surface area (TPSA) is 16.4 Å². The molecule has 0 saturated heterocycles. The van der Waals surface area contributed by atoms with Gasteiger partial charge in [0.25, 0.3) is 0 Å². The average molecular weight is 648 g/mol. The van der Waals surface area contributed by atoms with E-state index in [0.717, 1.165) is 38.3 Å². The monoisotopic (exact) mass is 647 g/mol. The van der Waals surface area contributed by atoms with Crippen molar-refractivity contribution < 1.29 is 9.90 Å². The number of furan rings is 1. The average Bonchev–Trinajstić information content (AvgIpc) is 3.78. The van der Waals surface area contributed by atoms with Crippen LogP contribution in [0.1, 0.15) is 5.48 Å². The Hall–Kier alpha value is -6.16. The highest BCUT2D eigenvalue weighted by molar-refractivity contribution is 7.26. The molecular formula is C46H29NOS. The predicted molar refractivity (Wildman–Crippen MR) is 210 cm³/mol. The van der Waals surface area contributed by atoms with Gasteiger partial charge in [-0.3, -0.25) is 0 Å². The fraction of sp³-hybridized carbons (Fsp3) is 0. The Morgan fingerprint density at radius 1 is 0.490 bits per heavy atom. The molecule has 0 N–H and O–H groups in total. The van der Waals surface area contributed by atoms with Crippen LogP contribution < -0.4 is 4.90 Å². The number of thiophene rings is 1. The summed E-state index contributed by atoms with van der Waals surface area (Å²) in [5.41, 5.74) is 5.98. The molecule has 0 unspecified atom stereocenters. The van der Waals surface area contributed by atoms with Crippen LogP contribution in [0.15, 0.2) is 180 Å². The van der Waals surface area contributed by atoms with E-state index < -0.39 is 0 Å². The van der Waals surface area contributed by atoms with Gasteiger partial charge < -0.3 is 9.32 Å². The van der Waals surface area contributed by atoms with Gasteiger partial charge in [-0.1, -0.05) is 127 Å². The van der Waals surface area contributed by atoms with E-state index in [1.807, 2.05) is 102 Å². The lowest BCUT2D eigenvalue weighted by Gasteiger charge is -2.27. The highest BCUT2D eigenvalue weighted by Gasteiger charge is 2.20. The zero-order chi connectivity index (χ0) is 35.8. The standard InChI is InChI=1S/C46H29NOS/c1-2-15-35-30(11-1)12-8-18-36(35)31-25-27-33(28-26-31)47(41-21-10-23-43-45(41)40-17-3-5-22-42(40)48-43)34-14-7-13-32(29-34)37-19-9-20-39-38-16-4-6-24-44(38)49-46(37)39/h1-29H/i25D,26D,27D,28D. The molecule has 0 atom stereocenters. The Bertz CT molecular complexity index is 3060. The quantitative estimate of drug-likeness (QED) is 0.185. The largest absolute Gasteiger partial charge is 0.456 e. The molecule has 0 radical (unpaired) electrons. The maximum atomic E-state index is 9.63. The highest BCUT2D eigenvalue weighted by atomic mass is 32.1. The Labute approximate surface area is 293 Å². The fourth-order valence-corrected chi connectivity index (χ4v) is 8.35. The Morgan fingerprint density at radius 3 is 2.08 bits per heavy atom. The third-order valence-corrected chi connectivity index (χ3v) is 10.6. The summed E-state index contributed by atoms with van der Waals surface area (Å²) in [6, 6.07) is 49.8. The number of hydrogen-bond acceptors (Lipinski definition) is 3. The second-order valence-electron chi connectivity index (χ2n) is 12.2. The third-order valence-electron chi connectivity index (χ3n) is 9.34. The number of benzene rings is 8. The summed E-state index contributed by atoms with van der Waals surface area (Å²) in [5.74, 6) is 0. The van der Waals surface area contributed by atoms with Gasteiger partial charge in [-0.2, -0.15) is 0 Å². The minimum absolute atomic E-state index is 0.0993. The molecular weight excluding hydrogens is 615 g/mol. The van der Waals surface area contributed by atoms with E-state index in [2.05, 4.69) is 54.6 Å². The van der Waals surface area contributed by atoms with Crippen molar-refractivity contribution in [3.05, 3.63) is 176 Å². The van der Waals surface area contributed by atoms with E-state index in [0.29, 0.717) is 22.5 Å². The summed E-state index contributed by atoms with van der Waals surface area (Å²) in [6.07, 6.45) is 0. The van der Waals surface area contributed by atoms with Gasteiger partial charge in [-0.15, -0.1) is 11.3 Å². The maximum Gasteiger partial charge on any atom is 0.137 e. The Balaban J connectivity index is 1.25. The van der Waals surface area contributed by atoms with Crippen LogP contribution in [-0.4, -0.2) is 0 Å². The van der Waals surface area contributed by atoms with Crippen LogP contribution in [0, 0.1) is 0 Å². The van der Waals surface area contributed by atoms with Crippen molar-refractivity contribution in [2.24, 2.45) is 0 Å². The van der Waals surface area contributed by atoms with Crippen molar-refractivity contribution in [3.63, 3.8) is 0 Å². The van der Waals surface area contributed by atoms with Gasteiger partial charge >= 0.3 is 0 Å². The SMILES string of the molecule is [2H]c1c([2H])c(N(c2cccc(-c3cccc4c3sc3ccccc34)c2)c2cccc3oc4ccccc4c23)c([2H])c([2H])c1-c1cccc2ccccc12. The molecule has 230 valence electrons. The van der Waals surface area contributed by atoms with Crippen LogP contribution in [-0.2, 0) is 0 Å². The van der Waals surface area contributed by atoms with E-state index in [9.17, 15) is 5.48 Å². The van der Waals surface area contributed by atoms with E-state index >= 15 is 0 Å². The van der Waals surface area contributed by atoms with E-state index in [-0.39, 0.29) is 35.4 Å². The molecule has 49 heavy (non-hydrogen) atoms. The Kier molecular flexibility index (Phi) is 5.51. The molecule has 0 saturated carbocycles. The molecule has 2 aromatic heterocycles. The van der Waals surface area contributed by atoms with Gasteiger partial charge in [-0.05, 0) is 81.5 Å². The molecule has 2 nitrogen and oxygen atoms in total. The fourth-order valence-electron chi connectivity index (χ4n) is 7.11. The first-order chi connectivity index (χ1) is 26.0. The van der Waals surface area contributed by atoms with Crippen LogP contribution in [0.5, 0.6) is 0 Å². The summed E-state index contributed by atoms with van der Waals surface area (Å²) in [4.78, 5) is 1.88. The van der Waals surface area contributed by atoms with Crippen molar-refractivity contribution in [3.8, 4) is 22.3 Å². The van der Waals surface area contributed by atoms with Gasteiger partial charge in [0.2, 0.25) is 0 Å². The summed E-state index contributed by atoms with van der Waals surface area (Å²) in [6.45, 7) is 0. The molecule has 0 spiro atoms. The van der Waals surface area contributed by atoms with Gasteiger partial charge in [0.1, 0.15) is 11.2 Å². The molecule has 10 aromatic rings. The molecule has 0 fully saturated rings. The predicted octanol–water partition coefficient (Wildman–Crippen LogP) is 13.9. The number of hydrogen-bond donors (Lipinski definition) is 0. The first-order valence-electron chi connectivity index (χ1n) is 18.3. The van der Waals surface area contributed by atoms with Crippen molar-refractivity contribution in [2.45, 2.75) is 0 Å². The minimum Gasteiger partial charge on any atom is -0.456 e. The number of para-hydroxylation sites is 1. The smallest absolute Gasteiger partial charge is 0.137 e. The number of rotatable bonds is 5. The molecule has 10 rings (SSSR count). The van der Waals surface area contributed by atoms with Crippen LogP contribution in [0.2, 0.25) is 0 Å². The molecule has 0 aliphatic rings. The lowest BCUT2D eigenvalue weighted by Crippen LogP contribution is -2.10. The first-order valence-corrected chi connectivity index (χ1v) is 17.1. The van der Waals surface area contributed by atoms with Gasteiger partial charge in [-0.25, -0.2) is 0 Å². The van der Waals surface area contributed by atoms with Crippen molar-refractivity contribution >= 4 is 81.3 Å². The lowest BCUT2D eigenvalue weighted by atomic mass is 9.98. The van der Waals surface area contributed by atoms with E-state index in [4.69, 9.17) is 4.42 Å². The molecule has 3 heteroatoms. The van der Waals surface area contributed by atoms with Crippen LogP contribution >= 0.6 is 11.3 Å². The second-order valence-corrected chi connectivity index (χ2v) is 13.2. The summed E-state index contributed by atoms with van der Waals surface area (Å²) in [7, 11) is 0. The summed E-state index contributed by atoms with van der Waals surface area (Å²) >= 11 is 1.77. The third kappa shape index (κ3) is 4.55. The van der Waals surface area contributed by atoms with Gasteiger partial charge in [0, 0.05) is 36.9 Å². The number of anilines is 3. The highest BCUT2D eigenvalue weighted by Crippen LogP contribution is 2.45. The normalized spacial score (nSPS) is 12.8. The first kappa shape index (κ1) is 24.1. The number of fused-ring (bicyclic) bond motifs is 7. The van der Waals surface area contributed by atoms with Crippen LogP contribution in [0.25, 0.3) is 75.1 Å². The Morgan fingerprint density at radius 2 is 1.16 bits per heavy atom. The zero-order valence-electron chi connectivity index (χ0n) is 30.2. The van der Waals surface area contributed by atoms with Crippen LogP contribution in [0.4, 0.5) is 17.1 Å². The molecule has 0 aliphatic carbocycles. The zero-order valence-corrected chi connectivity index (χ0v) is 27.0. The molecule has 8 aromatic carbocycles. The second kappa shape index (κ2) is 11.2. The molecule has 0 bridgehead atoms. The van der Waals surface area contributed by atoms with Crippen molar-refractivity contribution in [2.75, 3.05) is 4.90 Å². The van der Waals surface area contributed by atoms with E-state index in [1.54, 1.807) is 11.3 Å². The van der Waals surface area contributed by atoms with E-state index in [1.165, 1.54) is 20.2 Å². The van der Waals surface area contributed by atoms with Gasteiger partial charge in [0.05, 0.1) is 16.6 Å². The maximum absolute atomic E-state index is 9.63. The van der Waals surface area contributed by atoms with Crippen molar-refractivity contribution in [1.29, 1.82) is 0 Å². The molecule has 2 heterocycles. The summed E-state index contributed by atoms with van der Waals surface area (Å²) < 4.78 is 46.9. The van der Waals surface area contributed by atoms with Crippen molar-refractivity contribution in [1.82, 2.24) is 0 Å². The minimum atomic E-state index is -0.129. The number of nitrogens with zero attached hydrogens (tertiary/aromatic N) is 1. The van der Waals surface area contributed by atoms with Gasteiger partial charge in [0.15, 0.2) is 0 Å². The van der Waals surface area contributed by atoms with Crippen LogP contribution in [0.3, 0.4) is 0 Å². The lowest BCUT2D eigenvalue weighted by molar-refractivity contribution is 0.669. The molecule has 0 aliphatic heterocycles.